The van der Waals surface area contributed by atoms with Crippen LogP contribution in [0.3, 0.4) is 0 Å². The maximum absolute atomic E-state index is 11.8. The van der Waals surface area contributed by atoms with E-state index in [4.69, 9.17) is 0 Å². The molecule has 0 aromatic carbocycles. The van der Waals surface area contributed by atoms with E-state index in [2.05, 4.69) is 15.2 Å². The van der Waals surface area contributed by atoms with Crippen LogP contribution < -0.4 is 5.56 Å². The van der Waals surface area contributed by atoms with Gasteiger partial charge in [-0.05, 0) is 38.2 Å². The molecule has 78 valence electrons. The number of pyridine rings is 1. The third-order valence-corrected chi connectivity index (χ3v) is 3.22. The van der Waals surface area contributed by atoms with Crippen molar-refractivity contribution < 1.29 is 0 Å². The monoisotopic (exact) mass is 203 g/mol. The Hall–Kier alpha value is -1.58. The summed E-state index contributed by atoms with van der Waals surface area (Å²) in [5.41, 5.74) is 3.99. The molecule has 15 heavy (non-hydrogen) atoms. The second-order valence-corrected chi connectivity index (χ2v) is 4.19. The summed E-state index contributed by atoms with van der Waals surface area (Å²) in [7, 11) is 0. The second-order valence-electron chi connectivity index (χ2n) is 4.19. The van der Waals surface area contributed by atoms with Crippen LogP contribution in [0.25, 0.3) is 11.0 Å². The number of aromatic nitrogens is 3. The average Bonchev–Trinajstić information content (AvgIpc) is 2.61. The van der Waals surface area contributed by atoms with E-state index in [1.807, 2.05) is 6.92 Å². The first-order valence-corrected chi connectivity index (χ1v) is 5.36. The van der Waals surface area contributed by atoms with Gasteiger partial charge in [0.2, 0.25) is 0 Å². The standard InChI is InChI=1S/C11H13N3O/c1-6-9-7-4-2-3-5-8(7)11(15)12-10(9)14-13-6/h2-5H2,1H3,(H2,12,13,14,15). The highest BCUT2D eigenvalue weighted by Crippen LogP contribution is 2.26. The summed E-state index contributed by atoms with van der Waals surface area (Å²) in [4.78, 5) is 14.6. The van der Waals surface area contributed by atoms with Crippen LogP contribution in [-0.4, -0.2) is 15.2 Å². The number of nitrogens with one attached hydrogen (secondary N) is 2. The van der Waals surface area contributed by atoms with Gasteiger partial charge in [-0.25, -0.2) is 0 Å². The molecule has 2 heterocycles. The fraction of sp³-hybridized carbons (Fsp3) is 0.455. The van der Waals surface area contributed by atoms with Crippen LogP contribution in [0.2, 0.25) is 0 Å². The van der Waals surface area contributed by atoms with Crippen molar-refractivity contribution in [3.63, 3.8) is 0 Å². The zero-order chi connectivity index (χ0) is 10.4. The van der Waals surface area contributed by atoms with E-state index in [-0.39, 0.29) is 5.56 Å². The normalized spacial score (nSPS) is 15.5. The number of hydrogen-bond acceptors (Lipinski definition) is 2. The SMILES string of the molecule is Cc1[nH]nc2[nH]c(=O)c3c(c12)CCCC3. The molecular formula is C11H13N3O. The fourth-order valence-electron chi connectivity index (χ4n) is 2.50. The molecule has 0 saturated heterocycles. The van der Waals surface area contributed by atoms with Crippen molar-refractivity contribution in [1.29, 1.82) is 0 Å². The van der Waals surface area contributed by atoms with Crippen LogP contribution in [0, 0.1) is 6.92 Å². The molecule has 4 heteroatoms. The molecule has 2 aromatic rings. The van der Waals surface area contributed by atoms with Gasteiger partial charge in [0.25, 0.3) is 5.56 Å². The van der Waals surface area contributed by atoms with Crippen molar-refractivity contribution >= 4 is 11.0 Å². The van der Waals surface area contributed by atoms with Crippen LogP contribution in [0.15, 0.2) is 4.79 Å². The number of H-pyrrole nitrogens is 2. The van der Waals surface area contributed by atoms with Gasteiger partial charge in [0.05, 0.1) is 0 Å². The Balaban J connectivity index is 2.47. The first-order chi connectivity index (χ1) is 7.27. The highest BCUT2D eigenvalue weighted by molar-refractivity contribution is 5.82. The molecule has 0 fully saturated rings. The lowest BCUT2D eigenvalue weighted by atomic mass is 9.90. The van der Waals surface area contributed by atoms with E-state index in [0.717, 1.165) is 35.9 Å². The topological polar surface area (TPSA) is 61.5 Å². The molecule has 0 bridgehead atoms. The van der Waals surface area contributed by atoms with Gasteiger partial charge < -0.3 is 4.98 Å². The second kappa shape index (κ2) is 2.95. The van der Waals surface area contributed by atoms with Gasteiger partial charge in [-0.1, -0.05) is 0 Å². The quantitative estimate of drug-likeness (QED) is 0.680. The number of aryl methyl sites for hydroxylation is 2. The number of hydrogen-bond donors (Lipinski definition) is 2. The Bertz CT molecular complexity index is 579. The van der Waals surface area contributed by atoms with Gasteiger partial charge in [0.1, 0.15) is 0 Å². The van der Waals surface area contributed by atoms with Gasteiger partial charge in [-0.3, -0.25) is 9.89 Å². The summed E-state index contributed by atoms with van der Waals surface area (Å²) in [5.74, 6) is 0. The summed E-state index contributed by atoms with van der Waals surface area (Å²) in [6.07, 6.45) is 4.22. The highest BCUT2D eigenvalue weighted by atomic mass is 16.1. The predicted octanol–water partition coefficient (Wildman–Crippen LogP) is 1.44. The lowest BCUT2D eigenvalue weighted by molar-refractivity contribution is 0.682. The minimum absolute atomic E-state index is 0.0451. The van der Waals surface area contributed by atoms with Crippen molar-refractivity contribution in [3.8, 4) is 0 Å². The third kappa shape index (κ3) is 1.14. The van der Waals surface area contributed by atoms with Crippen molar-refractivity contribution in [2.24, 2.45) is 0 Å². The zero-order valence-corrected chi connectivity index (χ0v) is 8.68. The molecule has 0 amide bonds. The molecule has 0 radical (unpaired) electrons. The predicted molar refractivity (Wildman–Crippen MR) is 58.1 cm³/mol. The van der Waals surface area contributed by atoms with Crippen LogP contribution in [0.5, 0.6) is 0 Å². The van der Waals surface area contributed by atoms with Gasteiger partial charge in [-0.15, -0.1) is 0 Å². The van der Waals surface area contributed by atoms with Gasteiger partial charge in [0, 0.05) is 16.6 Å². The molecule has 4 nitrogen and oxygen atoms in total. The number of fused-ring (bicyclic) bond motifs is 3. The van der Waals surface area contributed by atoms with Gasteiger partial charge in [-0.2, -0.15) is 5.10 Å². The summed E-state index contributed by atoms with van der Waals surface area (Å²) >= 11 is 0. The lowest BCUT2D eigenvalue weighted by Gasteiger charge is -2.15. The number of aromatic amines is 2. The molecule has 0 spiro atoms. The van der Waals surface area contributed by atoms with Crippen molar-refractivity contribution in [2.75, 3.05) is 0 Å². The summed E-state index contributed by atoms with van der Waals surface area (Å²) in [6, 6.07) is 0. The van der Waals surface area contributed by atoms with Gasteiger partial charge in [0.15, 0.2) is 5.65 Å². The minimum Gasteiger partial charge on any atom is -0.305 e. The van der Waals surface area contributed by atoms with Crippen molar-refractivity contribution in [3.05, 3.63) is 27.2 Å². The van der Waals surface area contributed by atoms with E-state index in [9.17, 15) is 4.79 Å². The van der Waals surface area contributed by atoms with Crippen LogP contribution in [0.4, 0.5) is 0 Å². The fourth-order valence-corrected chi connectivity index (χ4v) is 2.50. The number of nitrogens with zero attached hydrogens (tertiary/aromatic N) is 1. The maximum Gasteiger partial charge on any atom is 0.253 e. The van der Waals surface area contributed by atoms with Gasteiger partial charge >= 0.3 is 0 Å². The Morgan fingerprint density at radius 3 is 2.73 bits per heavy atom. The van der Waals surface area contributed by atoms with Crippen LogP contribution >= 0.6 is 0 Å². The number of rotatable bonds is 0. The molecule has 2 aromatic heterocycles. The molecule has 0 unspecified atom stereocenters. The molecule has 0 aliphatic heterocycles. The minimum atomic E-state index is 0.0451. The Labute approximate surface area is 86.7 Å². The van der Waals surface area contributed by atoms with Crippen molar-refractivity contribution in [2.45, 2.75) is 32.6 Å². The Morgan fingerprint density at radius 2 is 1.93 bits per heavy atom. The lowest BCUT2D eigenvalue weighted by Crippen LogP contribution is -2.19. The van der Waals surface area contributed by atoms with Crippen LogP contribution in [0.1, 0.15) is 29.7 Å². The maximum atomic E-state index is 11.8. The van der Waals surface area contributed by atoms with E-state index >= 15 is 0 Å². The molecule has 1 aliphatic rings. The molecular weight excluding hydrogens is 190 g/mol. The molecule has 0 saturated carbocycles. The largest absolute Gasteiger partial charge is 0.305 e. The molecule has 1 aliphatic carbocycles. The van der Waals surface area contributed by atoms with E-state index < -0.39 is 0 Å². The molecule has 0 atom stereocenters. The summed E-state index contributed by atoms with van der Waals surface area (Å²) in [6.45, 7) is 2.00. The summed E-state index contributed by atoms with van der Waals surface area (Å²) in [5, 5.41) is 8.17. The van der Waals surface area contributed by atoms with E-state index in [0.29, 0.717) is 5.65 Å². The smallest absolute Gasteiger partial charge is 0.253 e. The molecule has 2 N–H and O–H groups in total. The summed E-state index contributed by atoms with van der Waals surface area (Å²) < 4.78 is 0. The Kier molecular flexibility index (Phi) is 1.71. The third-order valence-electron chi connectivity index (χ3n) is 3.22. The van der Waals surface area contributed by atoms with E-state index in [1.54, 1.807) is 0 Å². The van der Waals surface area contributed by atoms with Crippen molar-refractivity contribution in [1.82, 2.24) is 15.2 Å². The highest BCUT2D eigenvalue weighted by Gasteiger charge is 2.18. The average molecular weight is 203 g/mol. The Morgan fingerprint density at radius 1 is 1.20 bits per heavy atom. The zero-order valence-electron chi connectivity index (χ0n) is 8.68. The molecule has 3 rings (SSSR count). The van der Waals surface area contributed by atoms with E-state index in [1.165, 1.54) is 12.0 Å². The van der Waals surface area contributed by atoms with Crippen LogP contribution in [-0.2, 0) is 12.8 Å². The first-order valence-electron chi connectivity index (χ1n) is 5.36. The first kappa shape index (κ1) is 8.71.